The molecular weight excluding hydrogens is 508 g/mol. The molecule has 3 heterocycles. The number of methoxy groups -OCH3 is 2. The zero-order valence-electron chi connectivity index (χ0n) is 21.0. The molecule has 2 aromatic heterocycles. The number of halogens is 1. The smallest absolute Gasteiger partial charge is 0.256 e. The summed E-state index contributed by atoms with van der Waals surface area (Å²) in [6.45, 7) is 2.82. The molecule has 0 aliphatic carbocycles. The van der Waals surface area contributed by atoms with E-state index in [1.807, 2.05) is 12.1 Å². The number of nitrogens with zero attached hydrogens (tertiary/aromatic N) is 3. The SMILES string of the molecule is COc1ccc(-c2ccc(NC(=O)c3ccc(Oc4cc5c(cc4Cl)C(C)CCO5)cc3)nn2)c(OC)n1. The van der Waals surface area contributed by atoms with E-state index in [0.29, 0.717) is 63.4 Å². The fourth-order valence-electron chi connectivity index (χ4n) is 4.06. The minimum absolute atomic E-state index is 0.301. The van der Waals surface area contributed by atoms with E-state index in [2.05, 4.69) is 27.4 Å². The van der Waals surface area contributed by atoms with E-state index in [4.69, 9.17) is 30.5 Å². The Morgan fingerprint density at radius 3 is 2.55 bits per heavy atom. The van der Waals surface area contributed by atoms with Crippen LogP contribution in [0.3, 0.4) is 0 Å². The van der Waals surface area contributed by atoms with Crippen molar-refractivity contribution in [3.05, 3.63) is 76.8 Å². The third-order valence-corrected chi connectivity index (χ3v) is 6.46. The second-order valence-electron chi connectivity index (χ2n) is 8.65. The molecular formula is C28H25ClN4O5. The van der Waals surface area contributed by atoms with Crippen molar-refractivity contribution in [1.82, 2.24) is 15.2 Å². The summed E-state index contributed by atoms with van der Waals surface area (Å²) in [6.07, 6.45) is 0.956. The molecule has 0 saturated heterocycles. The van der Waals surface area contributed by atoms with Gasteiger partial charge in [0.25, 0.3) is 5.91 Å². The largest absolute Gasteiger partial charge is 0.493 e. The number of rotatable bonds is 7. The Labute approximate surface area is 224 Å². The highest BCUT2D eigenvalue weighted by molar-refractivity contribution is 6.32. The molecule has 1 amide bonds. The topological polar surface area (TPSA) is 105 Å². The average molecular weight is 533 g/mol. The van der Waals surface area contributed by atoms with Gasteiger partial charge in [-0.25, -0.2) is 0 Å². The molecule has 194 valence electrons. The minimum Gasteiger partial charge on any atom is -0.493 e. The van der Waals surface area contributed by atoms with Crippen molar-refractivity contribution in [3.63, 3.8) is 0 Å². The maximum absolute atomic E-state index is 12.8. The van der Waals surface area contributed by atoms with Crippen molar-refractivity contribution in [2.75, 3.05) is 26.1 Å². The highest BCUT2D eigenvalue weighted by Gasteiger charge is 2.21. The number of amides is 1. The molecule has 10 heteroatoms. The van der Waals surface area contributed by atoms with Gasteiger partial charge in [0.05, 0.1) is 37.1 Å². The van der Waals surface area contributed by atoms with Gasteiger partial charge in [-0.15, -0.1) is 10.2 Å². The number of anilines is 1. The summed E-state index contributed by atoms with van der Waals surface area (Å²) in [7, 11) is 3.04. The van der Waals surface area contributed by atoms with E-state index < -0.39 is 0 Å². The molecule has 1 N–H and O–H groups in total. The first kappa shape index (κ1) is 25.3. The van der Waals surface area contributed by atoms with Crippen molar-refractivity contribution in [2.24, 2.45) is 0 Å². The van der Waals surface area contributed by atoms with Gasteiger partial charge >= 0.3 is 0 Å². The molecule has 38 heavy (non-hydrogen) atoms. The molecule has 1 atom stereocenters. The Morgan fingerprint density at radius 1 is 1.03 bits per heavy atom. The first-order valence-electron chi connectivity index (χ1n) is 11.9. The zero-order chi connectivity index (χ0) is 26.6. The lowest BCUT2D eigenvalue weighted by Gasteiger charge is -2.24. The van der Waals surface area contributed by atoms with E-state index in [-0.39, 0.29) is 5.91 Å². The maximum Gasteiger partial charge on any atom is 0.256 e. The molecule has 0 saturated carbocycles. The number of aromatic nitrogens is 3. The Kier molecular flexibility index (Phi) is 7.28. The van der Waals surface area contributed by atoms with Gasteiger partial charge in [-0.2, -0.15) is 4.98 Å². The van der Waals surface area contributed by atoms with Crippen LogP contribution >= 0.6 is 11.6 Å². The van der Waals surface area contributed by atoms with Crippen LogP contribution in [0.25, 0.3) is 11.3 Å². The summed E-state index contributed by atoms with van der Waals surface area (Å²) in [6, 6.07) is 17.3. The second-order valence-corrected chi connectivity index (χ2v) is 9.06. The van der Waals surface area contributed by atoms with E-state index >= 15 is 0 Å². The van der Waals surface area contributed by atoms with Gasteiger partial charge in [0.2, 0.25) is 11.8 Å². The number of hydrogen-bond donors (Lipinski definition) is 1. The molecule has 0 spiro atoms. The van der Waals surface area contributed by atoms with E-state index in [0.717, 1.165) is 17.7 Å². The van der Waals surface area contributed by atoms with Crippen LogP contribution in [0.4, 0.5) is 5.82 Å². The summed E-state index contributed by atoms with van der Waals surface area (Å²) >= 11 is 6.46. The first-order valence-corrected chi connectivity index (χ1v) is 12.3. The van der Waals surface area contributed by atoms with Crippen LogP contribution in [-0.4, -0.2) is 41.9 Å². The predicted molar refractivity (Wildman–Crippen MR) is 143 cm³/mol. The highest BCUT2D eigenvalue weighted by Crippen LogP contribution is 2.41. The molecule has 4 aromatic rings. The van der Waals surface area contributed by atoms with Gasteiger partial charge in [-0.1, -0.05) is 18.5 Å². The van der Waals surface area contributed by atoms with Crippen LogP contribution in [0, 0.1) is 0 Å². The lowest BCUT2D eigenvalue weighted by molar-refractivity contribution is 0.102. The summed E-state index contributed by atoms with van der Waals surface area (Å²) in [5, 5.41) is 11.6. The Morgan fingerprint density at radius 2 is 1.84 bits per heavy atom. The van der Waals surface area contributed by atoms with Gasteiger partial charge in [0.15, 0.2) is 5.82 Å². The molecule has 0 bridgehead atoms. The third-order valence-electron chi connectivity index (χ3n) is 6.17. The molecule has 5 rings (SSSR count). The lowest BCUT2D eigenvalue weighted by Crippen LogP contribution is -2.13. The Balaban J connectivity index is 1.25. The summed E-state index contributed by atoms with van der Waals surface area (Å²) in [5.41, 5.74) is 2.70. The van der Waals surface area contributed by atoms with Crippen molar-refractivity contribution < 1.29 is 23.7 Å². The lowest BCUT2D eigenvalue weighted by atomic mass is 9.95. The van der Waals surface area contributed by atoms with Crippen LogP contribution < -0.4 is 24.3 Å². The maximum atomic E-state index is 12.8. The fourth-order valence-corrected chi connectivity index (χ4v) is 4.27. The quantitative estimate of drug-likeness (QED) is 0.302. The normalized spacial score (nSPS) is 14.2. The molecule has 1 unspecified atom stereocenters. The van der Waals surface area contributed by atoms with E-state index in [1.54, 1.807) is 48.5 Å². The van der Waals surface area contributed by atoms with Crippen LogP contribution in [0.5, 0.6) is 29.0 Å². The van der Waals surface area contributed by atoms with E-state index in [1.165, 1.54) is 14.2 Å². The number of hydrogen-bond acceptors (Lipinski definition) is 8. The molecule has 1 aliphatic rings. The average Bonchev–Trinajstić information content (AvgIpc) is 2.94. The Hall–Kier alpha value is -4.37. The minimum atomic E-state index is -0.337. The molecule has 1 aliphatic heterocycles. The number of pyridine rings is 1. The zero-order valence-corrected chi connectivity index (χ0v) is 21.8. The summed E-state index contributed by atoms with van der Waals surface area (Å²) < 4.78 is 22.2. The number of fused-ring (bicyclic) bond motifs is 1. The van der Waals surface area contributed by atoms with Crippen LogP contribution in [-0.2, 0) is 0 Å². The summed E-state index contributed by atoms with van der Waals surface area (Å²) in [4.78, 5) is 17.0. The van der Waals surface area contributed by atoms with Crippen LogP contribution in [0.2, 0.25) is 5.02 Å². The van der Waals surface area contributed by atoms with Crippen molar-refractivity contribution in [3.8, 4) is 40.3 Å². The number of benzene rings is 2. The van der Waals surface area contributed by atoms with E-state index in [9.17, 15) is 4.79 Å². The number of carbonyl (C=O) groups excluding carboxylic acids is 1. The molecule has 0 radical (unpaired) electrons. The number of nitrogens with one attached hydrogen (secondary N) is 1. The third kappa shape index (κ3) is 5.33. The first-order chi connectivity index (χ1) is 18.4. The number of carbonyl (C=O) groups is 1. The monoisotopic (exact) mass is 532 g/mol. The highest BCUT2D eigenvalue weighted by atomic mass is 35.5. The van der Waals surface area contributed by atoms with Gasteiger partial charge in [0.1, 0.15) is 17.2 Å². The van der Waals surface area contributed by atoms with Crippen LogP contribution in [0.15, 0.2) is 60.7 Å². The molecule has 2 aromatic carbocycles. The Bertz CT molecular complexity index is 1460. The van der Waals surface area contributed by atoms with Crippen molar-refractivity contribution >= 4 is 23.3 Å². The van der Waals surface area contributed by atoms with Crippen molar-refractivity contribution in [1.29, 1.82) is 0 Å². The van der Waals surface area contributed by atoms with Gasteiger partial charge in [-0.3, -0.25) is 4.79 Å². The van der Waals surface area contributed by atoms with Crippen LogP contribution in [0.1, 0.15) is 35.2 Å². The molecule has 9 nitrogen and oxygen atoms in total. The number of ether oxygens (including phenoxy) is 4. The molecule has 0 fully saturated rings. The predicted octanol–water partition coefficient (Wildman–Crippen LogP) is 6.14. The van der Waals surface area contributed by atoms with Gasteiger partial charge in [0, 0.05) is 17.7 Å². The summed E-state index contributed by atoms with van der Waals surface area (Å²) in [5.74, 6) is 2.95. The van der Waals surface area contributed by atoms with Gasteiger partial charge in [-0.05, 0) is 66.4 Å². The fraction of sp³-hybridized carbons (Fsp3) is 0.214. The second kappa shape index (κ2) is 10.9. The standard InChI is InChI=1S/C28H25ClN4O5/c1-16-12-13-37-23-15-24(21(29)14-20(16)23)38-18-6-4-17(5-7-18)27(34)30-25-10-9-22(32-33-25)19-8-11-26(35-2)31-28(19)36-3/h4-11,14-16H,12-13H2,1-3H3,(H,30,33,34). The van der Waals surface area contributed by atoms with Gasteiger partial charge < -0.3 is 24.3 Å². The van der Waals surface area contributed by atoms with Crippen molar-refractivity contribution in [2.45, 2.75) is 19.3 Å².